The van der Waals surface area contributed by atoms with Gasteiger partial charge in [-0.15, -0.1) is 12.4 Å². The Morgan fingerprint density at radius 1 is 1.28 bits per heavy atom. The molecule has 0 atom stereocenters. The Hall–Kier alpha value is -1.21. The molecule has 1 saturated heterocycles. The van der Waals surface area contributed by atoms with E-state index in [-0.39, 0.29) is 23.3 Å². The fraction of sp³-hybridized carbons (Fsp3) is 0.500. The van der Waals surface area contributed by atoms with Crippen molar-refractivity contribution in [2.24, 2.45) is 0 Å². The molecule has 2 heterocycles. The van der Waals surface area contributed by atoms with Crippen molar-refractivity contribution in [2.75, 3.05) is 19.6 Å². The molecule has 0 unspecified atom stereocenters. The van der Waals surface area contributed by atoms with Gasteiger partial charge in [0.15, 0.2) is 0 Å². The molecule has 2 aromatic rings. The second kappa shape index (κ2) is 8.45. The highest BCUT2D eigenvalue weighted by Gasteiger charge is 2.25. The monoisotopic (exact) mass is 383 g/mol. The molecule has 1 fully saturated rings. The molecular formula is C18H26ClN3O2S. The van der Waals surface area contributed by atoms with Crippen LogP contribution in [0.4, 0.5) is 0 Å². The normalized spacial score (nSPS) is 16.7. The van der Waals surface area contributed by atoms with Crippen molar-refractivity contribution in [1.82, 2.24) is 14.6 Å². The van der Waals surface area contributed by atoms with E-state index in [1.807, 2.05) is 19.1 Å². The lowest BCUT2D eigenvalue weighted by Gasteiger charge is -2.31. The lowest BCUT2D eigenvalue weighted by Crippen LogP contribution is -2.44. The number of hydrogen-bond donors (Lipinski definition) is 1. The summed E-state index contributed by atoms with van der Waals surface area (Å²) in [5.41, 5.74) is 1.56. The first kappa shape index (κ1) is 20.1. The Kier molecular flexibility index (Phi) is 6.79. The summed E-state index contributed by atoms with van der Waals surface area (Å²) < 4.78 is 28.6. The summed E-state index contributed by atoms with van der Waals surface area (Å²) in [4.78, 5) is 7.02. The first-order valence-electron chi connectivity index (χ1n) is 8.59. The number of hydrogen-bond acceptors (Lipinski definition) is 4. The van der Waals surface area contributed by atoms with Crippen molar-refractivity contribution >= 4 is 33.3 Å². The molecule has 1 aromatic heterocycles. The summed E-state index contributed by atoms with van der Waals surface area (Å²) in [5, 5.41) is 0.857. The van der Waals surface area contributed by atoms with Gasteiger partial charge in [-0.05, 0) is 63.5 Å². The van der Waals surface area contributed by atoms with Gasteiger partial charge in [0, 0.05) is 17.6 Å². The van der Waals surface area contributed by atoms with Gasteiger partial charge in [-0.1, -0.05) is 19.1 Å². The number of piperidine rings is 1. The average Bonchev–Trinajstić information content (AvgIpc) is 2.56. The van der Waals surface area contributed by atoms with Crippen LogP contribution in [0.3, 0.4) is 0 Å². The van der Waals surface area contributed by atoms with Crippen LogP contribution < -0.4 is 4.72 Å². The van der Waals surface area contributed by atoms with E-state index in [1.54, 1.807) is 18.3 Å². The molecule has 1 aromatic carbocycles. The second-order valence-corrected chi connectivity index (χ2v) is 8.26. The molecule has 138 valence electrons. The molecule has 25 heavy (non-hydrogen) atoms. The van der Waals surface area contributed by atoms with E-state index in [0.29, 0.717) is 5.52 Å². The third kappa shape index (κ3) is 4.70. The van der Waals surface area contributed by atoms with Gasteiger partial charge in [-0.25, -0.2) is 13.1 Å². The molecule has 0 amide bonds. The van der Waals surface area contributed by atoms with E-state index in [2.05, 4.69) is 21.5 Å². The van der Waals surface area contributed by atoms with Crippen LogP contribution in [-0.2, 0) is 10.0 Å². The molecule has 0 radical (unpaired) electrons. The topological polar surface area (TPSA) is 62.3 Å². The molecule has 7 heteroatoms. The molecule has 5 nitrogen and oxygen atoms in total. The number of aryl methyl sites for hydroxylation is 1. The molecule has 0 spiro atoms. The quantitative estimate of drug-likeness (QED) is 0.861. The number of fused-ring (bicyclic) bond motifs is 1. The SMILES string of the molecule is CCCN1CCC(NS(=O)(=O)c2cccc3cc(C)cnc23)CC1.Cl. The van der Waals surface area contributed by atoms with Gasteiger partial charge in [0.05, 0.1) is 5.52 Å². The summed E-state index contributed by atoms with van der Waals surface area (Å²) in [6.45, 7) is 7.12. The summed E-state index contributed by atoms with van der Waals surface area (Å²) in [6, 6.07) is 7.28. The maximum Gasteiger partial charge on any atom is 0.242 e. The van der Waals surface area contributed by atoms with Crippen molar-refractivity contribution in [3.8, 4) is 0 Å². The van der Waals surface area contributed by atoms with Crippen molar-refractivity contribution < 1.29 is 8.42 Å². The van der Waals surface area contributed by atoms with Crippen LogP contribution >= 0.6 is 12.4 Å². The number of likely N-dealkylation sites (tertiary alicyclic amines) is 1. The number of para-hydroxylation sites is 1. The van der Waals surface area contributed by atoms with Crippen LogP contribution in [0.15, 0.2) is 35.4 Å². The largest absolute Gasteiger partial charge is 0.303 e. The van der Waals surface area contributed by atoms with E-state index in [1.165, 1.54) is 0 Å². The minimum Gasteiger partial charge on any atom is -0.303 e. The van der Waals surface area contributed by atoms with E-state index in [9.17, 15) is 8.42 Å². The fourth-order valence-electron chi connectivity index (χ4n) is 3.33. The summed E-state index contributed by atoms with van der Waals surface area (Å²) in [5.74, 6) is 0. The molecular weight excluding hydrogens is 358 g/mol. The zero-order chi connectivity index (χ0) is 17.2. The highest BCUT2D eigenvalue weighted by molar-refractivity contribution is 7.89. The van der Waals surface area contributed by atoms with Crippen LogP contribution in [0.5, 0.6) is 0 Å². The number of pyridine rings is 1. The Morgan fingerprint density at radius 3 is 2.68 bits per heavy atom. The number of benzene rings is 1. The Bertz CT molecular complexity index is 818. The van der Waals surface area contributed by atoms with Crippen molar-refractivity contribution in [1.29, 1.82) is 0 Å². The number of sulfonamides is 1. The number of nitrogens with one attached hydrogen (secondary N) is 1. The van der Waals surface area contributed by atoms with Gasteiger partial charge >= 0.3 is 0 Å². The molecule has 1 N–H and O–H groups in total. The zero-order valence-corrected chi connectivity index (χ0v) is 16.4. The van der Waals surface area contributed by atoms with E-state index in [0.717, 1.165) is 49.8 Å². The van der Waals surface area contributed by atoms with Gasteiger partial charge in [0.1, 0.15) is 4.90 Å². The molecule has 0 aliphatic carbocycles. The van der Waals surface area contributed by atoms with Gasteiger partial charge in [0.2, 0.25) is 10.0 Å². The fourth-order valence-corrected chi connectivity index (χ4v) is 4.82. The highest BCUT2D eigenvalue weighted by atomic mass is 35.5. The third-order valence-corrected chi connectivity index (χ3v) is 6.10. The van der Waals surface area contributed by atoms with Crippen LogP contribution in [0, 0.1) is 6.92 Å². The third-order valence-electron chi connectivity index (χ3n) is 4.55. The zero-order valence-electron chi connectivity index (χ0n) is 14.7. The molecule has 1 aliphatic rings. The van der Waals surface area contributed by atoms with Crippen LogP contribution in [0.1, 0.15) is 31.7 Å². The number of halogens is 1. The first-order chi connectivity index (χ1) is 11.5. The highest BCUT2D eigenvalue weighted by Crippen LogP contribution is 2.23. The van der Waals surface area contributed by atoms with Gasteiger partial charge in [-0.3, -0.25) is 4.98 Å². The predicted octanol–water partition coefficient (Wildman–Crippen LogP) is 3.12. The maximum absolute atomic E-state index is 12.8. The summed E-state index contributed by atoms with van der Waals surface area (Å²) in [6.07, 6.45) is 4.56. The van der Waals surface area contributed by atoms with Gasteiger partial charge in [-0.2, -0.15) is 0 Å². The summed E-state index contributed by atoms with van der Waals surface area (Å²) in [7, 11) is -3.56. The number of aromatic nitrogens is 1. The standard InChI is InChI=1S/C18H25N3O2S.ClH/c1-3-9-21-10-7-16(8-11-21)20-24(22,23)17-6-4-5-15-12-14(2)13-19-18(15)17;/h4-6,12-13,16,20H,3,7-11H2,1-2H3;1H. The average molecular weight is 384 g/mol. The number of nitrogens with zero attached hydrogens (tertiary/aromatic N) is 2. The van der Waals surface area contributed by atoms with E-state index < -0.39 is 10.0 Å². The molecule has 3 rings (SSSR count). The van der Waals surface area contributed by atoms with Crippen molar-refractivity contribution in [3.05, 3.63) is 36.0 Å². The Morgan fingerprint density at radius 2 is 2.00 bits per heavy atom. The lowest BCUT2D eigenvalue weighted by atomic mass is 10.1. The van der Waals surface area contributed by atoms with E-state index in [4.69, 9.17) is 0 Å². The predicted molar refractivity (Wildman–Crippen MR) is 104 cm³/mol. The molecule has 0 saturated carbocycles. The van der Waals surface area contributed by atoms with Gasteiger partial charge in [0.25, 0.3) is 0 Å². The van der Waals surface area contributed by atoms with Gasteiger partial charge < -0.3 is 4.90 Å². The molecule has 0 bridgehead atoms. The first-order valence-corrected chi connectivity index (χ1v) is 10.1. The molecule has 1 aliphatic heterocycles. The van der Waals surface area contributed by atoms with E-state index >= 15 is 0 Å². The second-order valence-electron chi connectivity index (χ2n) is 6.58. The van der Waals surface area contributed by atoms with Crippen LogP contribution in [0.2, 0.25) is 0 Å². The Balaban J connectivity index is 0.00000225. The minimum atomic E-state index is -3.56. The minimum absolute atomic E-state index is 0. The van der Waals surface area contributed by atoms with Crippen LogP contribution in [0.25, 0.3) is 10.9 Å². The Labute approximate surface area is 156 Å². The summed E-state index contributed by atoms with van der Waals surface area (Å²) >= 11 is 0. The van der Waals surface area contributed by atoms with Crippen LogP contribution in [-0.4, -0.2) is 44.0 Å². The lowest BCUT2D eigenvalue weighted by molar-refractivity contribution is 0.208. The smallest absolute Gasteiger partial charge is 0.242 e. The van der Waals surface area contributed by atoms with Crippen molar-refractivity contribution in [2.45, 2.75) is 44.0 Å². The van der Waals surface area contributed by atoms with Crippen molar-refractivity contribution in [3.63, 3.8) is 0 Å². The maximum atomic E-state index is 12.8. The number of rotatable bonds is 5.